The molecule has 0 bridgehead atoms. The van der Waals surface area contributed by atoms with Crippen LogP contribution in [0.5, 0.6) is 5.75 Å². The molecule has 1 aromatic rings. The number of phenols is 1. The Morgan fingerprint density at radius 3 is 2.60 bits per heavy atom. The highest BCUT2D eigenvalue weighted by atomic mass is 35.5. The number of hydrogen-bond donors (Lipinski definition) is 3. The normalized spacial score (nSPS) is 14.3. The quantitative estimate of drug-likeness (QED) is 0.728. The molecular formula is C10H10ClNO3. The van der Waals surface area contributed by atoms with Gasteiger partial charge in [0.1, 0.15) is 11.9 Å². The lowest BCUT2D eigenvalue weighted by molar-refractivity contribution is 0.0216. The summed E-state index contributed by atoms with van der Waals surface area (Å²) >= 11 is 5.63. The number of hydrogen-bond acceptors (Lipinski definition) is 4. The highest BCUT2D eigenvalue weighted by Gasteiger charge is 2.18. The zero-order valence-electron chi connectivity index (χ0n) is 7.76. The molecule has 2 atom stereocenters. The number of halogens is 1. The fourth-order valence-corrected chi connectivity index (χ4v) is 1.32. The lowest BCUT2D eigenvalue weighted by Gasteiger charge is -2.15. The predicted octanol–water partition coefficient (Wildman–Crippen LogP) is 1.35. The molecule has 0 saturated carbocycles. The Hall–Kier alpha value is -1.28. The van der Waals surface area contributed by atoms with Crippen molar-refractivity contribution >= 4 is 11.6 Å². The van der Waals surface area contributed by atoms with Gasteiger partial charge in [0, 0.05) is 0 Å². The van der Waals surface area contributed by atoms with E-state index >= 15 is 0 Å². The highest BCUT2D eigenvalue weighted by Crippen LogP contribution is 2.28. The van der Waals surface area contributed by atoms with Crippen LogP contribution in [0.2, 0.25) is 5.02 Å². The van der Waals surface area contributed by atoms with Crippen LogP contribution >= 0.6 is 11.6 Å². The molecule has 0 radical (unpaired) electrons. The van der Waals surface area contributed by atoms with Crippen LogP contribution in [0.3, 0.4) is 0 Å². The topological polar surface area (TPSA) is 84.5 Å². The van der Waals surface area contributed by atoms with Gasteiger partial charge in [0.2, 0.25) is 0 Å². The molecular weight excluding hydrogens is 218 g/mol. The molecule has 0 aliphatic heterocycles. The van der Waals surface area contributed by atoms with E-state index in [1.54, 1.807) is 6.07 Å². The molecule has 0 aliphatic rings. The Morgan fingerprint density at radius 2 is 2.07 bits per heavy atom. The van der Waals surface area contributed by atoms with Crippen molar-refractivity contribution in [1.29, 1.82) is 5.26 Å². The van der Waals surface area contributed by atoms with Crippen molar-refractivity contribution in [2.24, 2.45) is 0 Å². The molecule has 2 unspecified atom stereocenters. The largest absolute Gasteiger partial charge is 0.506 e. The van der Waals surface area contributed by atoms with Crippen molar-refractivity contribution in [3.8, 4) is 11.8 Å². The summed E-state index contributed by atoms with van der Waals surface area (Å²) in [5.41, 5.74) is 0.362. The van der Waals surface area contributed by atoms with Crippen LogP contribution in [0.25, 0.3) is 0 Å². The highest BCUT2D eigenvalue weighted by molar-refractivity contribution is 6.32. The molecule has 0 heterocycles. The maximum Gasteiger partial charge on any atom is 0.134 e. The minimum absolute atomic E-state index is 0.0932. The van der Waals surface area contributed by atoms with E-state index in [1.807, 2.05) is 0 Å². The number of benzene rings is 1. The summed E-state index contributed by atoms with van der Waals surface area (Å²) in [6, 6.07) is 5.86. The zero-order valence-corrected chi connectivity index (χ0v) is 8.52. The van der Waals surface area contributed by atoms with Gasteiger partial charge in [-0.2, -0.15) is 5.26 Å². The Kier molecular flexibility index (Phi) is 3.92. The van der Waals surface area contributed by atoms with Crippen LogP contribution in [0, 0.1) is 11.3 Å². The van der Waals surface area contributed by atoms with Crippen molar-refractivity contribution in [3.05, 3.63) is 28.8 Å². The summed E-state index contributed by atoms with van der Waals surface area (Å²) in [6.45, 7) is 0. The van der Waals surface area contributed by atoms with Gasteiger partial charge in [-0.1, -0.05) is 17.7 Å². The summed E-state index contributed by atoms with van der Waals surface area (Å²) in [6.07, 6.45) is -2.50. The van der Waals surface area contributed by atoms with Crippen LogP contribution in [0.4, 0.5) is 0 Å². The van der Waals surface area contributed by atoms with E-state index in [2.05, 4.69) is 0 Å². The van der Waals surface area contributed by atoms with Gasteiger partial charge in [0.05, 0.1) is 23.6 Å². The number of aliphatic hydroxyl groups excluding tert-OH is 2. The first-order chi connectivity index (χ1) is 7.06. The fraction of sp³-hybridized carbons (Fsp3) is 0.300. The maximum absolute atomic E-state index is 9.59. The second kappa shape index (κ2) is 4.99. The lowest BCUT2D eigenvalue weighted by atomic mass is 10.0. The van der Waals surface area contributed by atoms with E-state index in [0.29, 0.717) is 5.56 Å². The van der Waals surface area contributed by atoms with Crippen molar-refractivity contribution in [3.63, 3.8) is 0 Å². The first-order valence-corrected chi connectivity index (χ1v) is 4.65. The Bertz CT molecular complexity index is 389. The number of aromatic hydroxyl groups is 1. The van der Waals surface area contributed by atoms with E-state index in [4.69, 9.17) is 22.0 Å². The van der Waals surface area contributed by atoms with Crippen LogP contribution in [-0.2, 0) is 0 Å². The van der Waals surface area contributed by atoms with E-state index in [9.17, 15) is 10.2 Å². The molecule has 5 heteroatoms. The third-order valence-corrected chi connectivity index (χ3v) is 2.28. The molecule has 1 aromatic carbocycles. The van der Waals surface area contributed by atoms with E-state index < -0.39 is 12.2 Å². The molecule has 3 N–H and O–H groups in total. The standard InChI is InChI=1S/C10H10ClNO3/c11-7-5-6(1-2-8(7)13)10(15)9(14)3-4-12/h1-2,5,9-10,13-15H,3H2. The minimum atomic E-state index is -1.18. The van der Waals surface area contributed by atoms with E-state index in [0.717, 1.165) is 0 Å². The molecule has 4 nitrogen and oxygen atoms in total. The molecule has 0 amide bonds. The van der Waals surface area contributed by atoms with Gasteiger partial charge in [-0.25, -0.2) is 0 Å². The molecule has 0 aromatic heterocycles. The average molecular weight is 228 g/mol. The number of rotatable bonds is 3. The first-order valence-electron chi connectivity index (χ1n) is 4.27. The third kappa shape index (κ3) is 2.83. The van der Waals surface area contributed by atoms with Crippen molar-refractivity contribution in [2.75, 3.05) is 0 Å². The molecule has 0 spiro atoms. The summed E-state index contributed by atoms with van der Waals surface area (Å²) in [4.78, 5) is 0. The fourth-order valence-electron chi connectivity index (χ4n) is 1.13. The smallest absolute Gasteiger partial charge is 0.134 e. The molecule has 1 rings (SSSR count). The predicted molar refractivity (Wildman–Crippen MR) is 54.3 cm³/mol. The van der Waals surface area contributed by atoms with Gasteiger partial charge in [-0.3, -0.25) is 0 Å². The van der Waals surface area contributed by atoms with Gasteiger partial charge in [0.25, 0.3) is 0 Å². The monoisotopic (exact) mass is 227 g/mol. The average Bonchev–Trinajstić information content (AvgIpc) is 2.21. The van der Waals surface area contributed by atoms with Crippen LogP contribution in [-0.4, -0.2) is 21.4 Å². The minimum Gasteiger partial charge on any atom is -0.506 e. The number of phenolic OH excluding ortho intramolecular Hbond substituents is 1. The second-order valence-corrected chi connectivity index (χ2v) is 3.49. The van der Waals surface area contributed by atoms with Crippen molar-refractivity contribution < 1.29 is 15.3 Å². The zero-order chi connectivity index (χ0) is 11.4. The van der Waals surface area contributed by atoms with Gasteiger partial charge in [0.15, 0.2) is 0 Å². The van der Waals surface area contributed by atoms with Gasteiger partial charge in [-0.15, -0.1) is 0 Å². The van der Waals surface area contributed by atoms with E-state index in [1.165, 1.54) is 18.2 Å². The van der Waals surface area contributed by atoms with Crippen LogP contribution in [0.1, 0.15) is 18.1 Å². The van der Waals surface area contributed by atoms with Crippen LogP contribution in [0.15, 0.2) is 18.2 Å². The molecule has 0 fully saturated rings. The number of nitrogens with zero attached hydrogens (tertiary/aromatic N) is 1. The Morgan fingerprint density at radius 1 is 1.40 bits per heavy atom. The van der Waals surface area contributed by atoms with Gasteiger partial charge >= 0.3 is 0 Å². The third-order valence-electron chi connectivity index (χ3n) is 1.98. The van der Waals surface area contributed by atoms with Crippen molar-refractivity contribution in [1.82, 2.24) is 0 Å². The molecule has 0 saturated heterocycles. The van der Waals surface area contributed by atoms with Gasteiger partial charge < -0.3 is 15.3 Å². The molecule has 15 heavy (non-hydrogen) atoms. The van der Waals surface area contributed by atoms with E-state index in [-0.39, 0.29) is 17.2 Å². The summed E-state index contributed by atoms with van der Waals surface area (Å²) in [5.74, 6) is -0.0950. The molecule has 0 aliphatic carbocycles. The summed E-state index contributed by atoms with van der Waals surface area (Å²) < 4.78 is 0. The first kappa shape index (κ1) is 11.8. The SMILES string of the molecule is N#CCC(O)C(O)c1ccc(O)c(Cl)c1. The number of nitriles is 1. The molecule has 80 valence electrons. The Labute approximate surface area is 92.0 Å². The number of aliphatic hydroxyl groups is 2. The Balaban J connectivity index is 2.87. The maximum atomic E-state index is 9.59. The lowest BCUT2D eigenvalue weighted by Crippen LogP contribution is -2.17. The van der Waals surface area contributed by atoms with Gasteiger partial charge in [-0.05, 0) is 17.7 Å². The summed E-state index contributed by atoms with van der Waals surface area (Å²) in [5, 5.41) is 36.5. The van der Waals surface area contributed by atoms with Crippen molar-refractivity contribution in [2.45, 2.75) is 18.6 Å². The second-order valence-electron chi connectivity index (χ2n) is 3.09. The summed E-state index contributed by atoms with van der Waals surface area (Å²) in [7, 11) is 0. The van der Waals surface area contributed by atoms with Crippen LogP contribution < -0.4 is 0 Å².